The molecule has 1 N–H and O–H groups in total. The van der Waals surface area contributed by atoms with Crippen LogP contribution in [0.15, 0.2) is 18.3 Å². The molecule has 0 saturated heterocycles. The van der Waals surface area contributed by atoms with E-state index in [1.807, 2.05) is 13.8 Å². The van der Waals surface area contributed by atoms with Gasteiger partial charge in [-0.3, -0.25) is 4.79 Å². The van der Waals surface area contributed by atoms with E-state index in [1.165, 1.54) is 18.3 Å². The van der Waals surface area contributed by atoms with Crippen molar-refractivity contribution in [2.45, 2.75) is 32.8 Å². The van der Waals surface area contributed by atoms with Gasteiger partial charge in [-0.1, -0.05) is 0 Å². The van der Waals surface area contributed by atoms with Crippen LogP contribution in [-0.2, 0) is 4.74 Å². The second-order valence-corrected chi connectivity index (χ2v) is 4.22. The van der Waals surface area contributed by atoms with Crippen LogP contribution >= 0.6 is 0 Å². The lowest BCUT2D eigenvalue weighted by Crippen LogP contribution is -2.25. The highest BCUT2D eigenvalue weighted by atomic mass is 19.1. The number of nitrogens with zero attached hydrogens (tertiary/aromatic N) is 1. The van der Waals surface area contributed by atoms with Gasteiger partial charge in [0.1, 0.15) is 0 Å². The standard InChI is InChI=1S/C13H19FN2O2/c1-10(2)18-9-4-3-7-16-13(17)11-6-5-8-15-12(11)14/h5-6,8,10H,3-4,7,9H2,1-2H3,(H,16,17). The van der Waals surface area contributed by atoms with Crippen molar-refractivity contribution in [2.75, 3.05) is 13.2 Å². The molecule has 0 aliphatic rings. The zero-order chi connectivity index (χ0) is 13.4. The molecule has 1 amide bonds. The molecule has 18 heavy (non-hydrogen) atoms. The molecule has 4 nitrogen and oxygen atoms in total. The average molecular weight is 254 g/mol. The van der Waals surface area contributed by atoms with Crippen molar-refractivity contribution in [3.05, 3.63) is 29.8 Å². The van der Waals surface area contributed by atoms with E-state index in [0.717, 1.165) is 12.8 Å². The number of aromatic nitrogens is 1. The predicted octanol–water partition coefficient (Wildman–Crippen LogP) is 2.16. The van der Waals surface area contributed by atoms with Gasteiger partial charge in [0.15, 0.2) is 0 Å². The first-order valence-electron chi connectivity index (χ1n) is 6.11. The fourth-order valence-corrected chi connectivity index (χ4v) is 1.40. The van der Waals surface area contributed by atoms with Crippen molar-refractivity contribution in [3.8, 4) is 0 Å². The zero-order valence-corrected chi connectivity index (χ0v) is 10.8. The number of hydrogen-bond acceptors (Lipinski definition) is 3. The molecule has 0 atom stereocenters. The number of ether oxygens (including phenoxy) is 1. The van der Waals surface area contributed by atoms with E-state index in [9.17, 15) is 9.18 Å². The van der Waals surface area contributed by atoms with Gasteiger partial charge in [-0.25, -0.2) is 4.98 Å². The smallest absolute Gasteiger partial charge is 0.255 e. The predicted molar refractivity (Wildman–Crippen MR) is 66.9 cm³/mol. The zero-order valence-electron chi connectivity index (χ0n) is 10.8. The summed E-state index contributed by atoms with van der Waals surface area (Å²) in [5.41, 5.74) is -0.0177. The van der Waals surface area contributed by atoms with Crippen molar-refractivity contribution in [2.24, 2.45) is 0 Å². The second-order valence-electron chi connectivity index (χ2n) is 4.22. The average Bonchev–Trinajstić information content (AvgIpc) is 2.33. The number of unbranched alkanes of at least 4 members (excludes halogenated alkanes) is 1. The van der Waals surface area contributed by atoms with Gasteiger partial charge < -0.3 is 10.1 Å². The molecule has 1 heterocycles. The molecular formula is C13H19FN2O2. The van der Waals surface area contributed by atoms with Gasteiger partial charge >= 0.3 is 0 Å². The van der Waals surface area contributed by atoms with Crippen molar-refractivity contribution >= 4 is 5.91 Å². The third kappa shape index (κ3) is 5.23. The highest BCUT2D eigenvalue weighted by Crippen LogP contribution is 2.02. The van der Waals surface area contributed by atoms with Crippen LogP contribution in [0.5, 0.6) is 0 Å². The van der Waals surface area contributed by atoms with Crippen LogP contribution in [0.3, 0.4) is 0 Å². The summed E-state index contributed by atoms with van der Waals surface area (Å²) >= 11 is 0. The van der Waals surface area contributed by atoms with Crippen LogP contribution in [0.25, 0.3) is 0 Å². The molecule has 0 aliphatic carbocycles. The molecule has 1 aromatic heterocycles. The topological polar surface area (TPSA) is 51.2 Å². The van der Waals surface area contributed by atoms with E-state index in [1.54, 1.807) is 0 Å². The Balaban J connectivity index is 2.20. The minimum absolute atomic E-state index is 0.0177. The Kier molecular flexibility index (Phi) is 6.28. The number of halogens is 1. The fourth-order valence-electron chi connectivity index (χ4n) is 1.40. The molecule has 0 fully saturated rings. The Morgan fingerprint density at radius 1 is 1.50 bits per heavy atom. The maximum Gasteiger partial charge on any atom is 0.255 e. The first-order chi connectivity index (χ1) is 8.61. The summed E-state index contributed by atoms with van der Waals surface area (Å²) in [5, 5.41) is 2.65. The van der Waals surface area contributed by atoms with Gasteiger partial charge in [-0.15, -0.1) is 0 Å². The molecule has 0 aliphatic heterocycles. The number of amides is 1. The van der Waals surface area contributed by atoms with Gasteiger partial charge in [0.2, 0.25) is 5.95 Å². The van der Waals surface area contributed by atoms with Gasteiger partial charge in [0, 0.05) is 19.3 Å². The number of rotatable bonds is 7. The van der Waals surface area contributed by atoms with Gasteiger partial charge in [-0.05, 0) is 38.8 Å². The minimum atomic E-state index is -0.738. The van der Waals surface area contributed by atoms with Crippen LogP contribution < -0.4 is 5.32 Å². The number of carbonyl (C=O) groups excluding carboxylic acids is 1. The number of hydrogen-bond donors (Lipinski definition) is 1. The molecule has 1 aromatic rings. The maximum absolute atomic E-state index is 13.2. The lowest BCUT2D eigenvalue weighted by molar-refractivity contribution is 0.0754. The summed E-state index contributed by atoms with van der Waals surface area (Å²) in [6.45, 7) is 5.14. The molecule has 0 unspecified atom stereocenters. The van der Waals surface area contributed by atoms with Gasteiger partial charge in [0.05, 0.1) is 11.7 Å². The van der Waals surface area contributed by atoms with E-state index in [2.05, 4.69) is 10.3 Å². The number of carbonyl (C=O) groups is 1. The maximum atomic E-state index is 13.2. The monoisotopic (exact) mass is 254 g/mol. The van der Waals surface area contributed by atoms with Crippen LogP contribution in [0.2, 0.25) is 0 Å². The SMILES string of the molecule is CC(C)OCCCCNC(=O)c1cccnc1F. The molecule has 100 valence electrons. The van der Waals surface area contributed by atoms with Crippen molar-refractivity contribution in [1.82, 2.24) is 10.3 Å². The normalized spacial score (nSPS) is 10.7. The molecule has 0 bridgehead atoms. The molecule has 5 heteroatoms. The van der Waals surface area contributed by atoms with Crippen LogP contribution in [0.4, 0.5) is 4.39 Å². The van der Waals surface area contributed by atoms with E-state index < -0.39 is 11.9 Å². The van der Waals surface area contributed by atoms with Gasteiger partial charge in [-0.2, -0.15) is 4.39 Å². The quantitative estimate of drug-likeness (QED) is 0.599. The van der Waals surface area contributed by atoms with Crippen molar-refractivity contribution < 1.29 is 13.9 Å². The highest BCUT2D eigenvalue weighted by molar-refractivity contribution is 5.94. The van der Waals surface area contributed by atoms with Crippen LogP contribution in [-0.4, -0.2) is 30.1 Å². The molecule has 0 spiro atoms. The third-order valence-corrected chi connectivity index (χ3v) is 2.31. The molecule has 0 saturated carbocycles. The van der Waals surface area contributed by atoms with Crippen molar-refractivity contribution in [3.63, 3.8) is 0 Å². The number of nitrogens with one attached hydrogen (secondary N) is 1. The summed E-state index contributed by atoms with van der Waals surface area (Å²) < 4.78 is 18.5. The van der Waals surface area contributed by atoms with E-state index in [-0.39, 0.29) is 11.7 Å². The Bertz CT molecular complexity index is 383. The van der Waals surface area contributed by atoms with Gasteiger partial charge in [0.25, 0.3) is 5.91 Å². The van der Waals surface area contributed by atoms with E-state index in [4.69, 9.17) is 4.74 Å². The highest BCUT2D eigenvalue weighted by Gasteiger charge is 2.10. The summed E-state index contributed by atoms with van der Waals surface area (Å²) in [7, 11) is 0. The summed E-state index contributed by atoms with van der Waals surface area (Å²) in [5.74, 6) is -1.16. The molecule has 1 rings (SSSR count). The second kappa shape index (κ2) is 7.76. The first-order valence-corrected chi connectivity index (χ1v) is 6.11. The Labute approximate surface area is 107 Å². The Morgan fingerprint density at radius 2 is 2.28 bits per heavy atom. The lowest BCUT2D eigenvalue weighted by Gasteiger charge is -2.08. The Hall–Kier alpha value is -1.49. The first kappa shape index (κ1) is 14.6. The van der Waals surface area contributed by atoms with E-state index in [0.29, 0.717) is 13.2 Å². The minimum Gasteiger partial charge on any atom is -0.379 e. The van der Waals surface area contributed by atoms with Crippen molar-refractivity contribution in [1.29, 1.82) is 0 Å². The molecule has 0 radical (unpaired) electrons. The van der Waals surface area contributed by atoms with E-state index >= 15 is 0 Å². The number of pyridine rings is 1. The third-order valence-electron chi connectivity index (χ3n) is 2.31. The summed E-state index contributed by atoms with van der Waals surface area (Å²) in [4.78, 5) is 15.0. The largest absolute Gasteiger partial charge is 0.379 e. The van der Waals surface area contributed by atoms with Crippen LogP contribution in [0, 0.1) is 5.95 Å². The summed E-state index contributed by atoms with van der Waals surface area (Å²) in [6.07, 6.45) is 3.22. The summed E-state index contributed by atoms with van der Waals surface area (Å²) in [6, 6.07) is 2.95. The Morgan fingerprint density at radius 3 is 2.94 bits per heavy atom. The molecular weight excluding hydrogens is 235 g/mol. The fraction of sp³-hybridized carbons (Fsp3) is 0.538. The molecule has 0 aromatic carbocycles. The lowest BCUT2D eigenvalue weighted by atomic mass is 10.2. The van der Waals surface area contributed by atoms with Crippen LogP contribution in [0.1, 0.15) is 37.0 Å².